The van der Waals surface area contributed by atoms with Gasteiger partial charge in [-0.25, -0.2) is 24.9 Å². The Hall–Kier alpha value is -7.12. The Morgan fingerprint density at radius 1 is 0.379 bits per heavy atom. The minimum Gasteiger partial charge on any atom is -0.452 e. The summed E-state index contributed by atoms with van der Waals surface area (Å²) in [7, 11) is 64.9. The van der Waals surface area contributed by atoms with E-state index in [9.17, 15) is 0 Å². The molecular weight excluding hydrogens is 797 g/mol. The van der Waals surface area contributed by atoms with Gasteiger partial charge in [0.05, 0.1) is 16.7 Å². The van der Waals surface area contributed by atoms with Crippen LogP contribution >= 0.6 is 0 Å². The van der Waals surface area contributed by atoms with Crippen LogP contribution < -0.4 is 54.6 Å². The molecule has 0 aliphatic rings. The lowest BCUT2D eigenvalue weighted by molar-refractivity contribution is 0.667. The number of hydrogen-bond donors (Lipinski definition) is 0. The number of aromatic nitrogens is 6. The second kappa shape index (κ2) is 15.8. The molecule has 0 unspecified atom stereocenters. The van der Waals surface area contributed by atoms with Crippen molar-refractivity contribution in [2.24, 2.45) is 0 Å². The molecule has 11 rings (SSSR count). The average Bonchev–Trinajstić information content (AvgIpc) is 3.90. The van der Waals surface area contributed by atoms with Gasteiger partial charge < -0.3 is 8.98 Å². The first-order valence-corrected chi connectivity index (χ1v) is 20.6. The number of furan rings is 1. The van der Waals surface area contributed by atoms with Crippen molar-refractivity contribution in [3.8, 4) is 62.5 Å². The molecule has 7 aromatic carbocycles. The van der Waals surface area contributed by atoms with Crippen molar-refractivity contribution < 1.29 is 4.42 Å². The van der Waals surface area contributed by atoms with Crippen LogP contribution in [0.1, 0.15) is 0 Å². The highest BCUT2D eigenvalue weighted by Crippen LogP contribution is 2.39. The highest BCUT2D eigenvalue weighted by molar-refractivity contribution is 6.70. The van der Waals surface area contributed by atoms with Gasteiger partial charge in [-0.05, 0) is 48.0 Å². The summed E-state index contributed by atoms with van der Waals surface area (Å²) in [4.78, 5) is 25.5. The lowest BCUT2D eigenvalue weighted by atomic mass is 9.60. The van der Waals surface area contributed by atoms with E-state index in [2.05, 4.69) is 28.8 Å². The van der Waals surface area contributed by atoms with Crippen LogP contribution in [0.25, 0.3) is 106 Å². The zero-order valence-electron chi connectivity index (χ0n) is 34.9. The summed E-state index contributed by atoms with van der Waals surface area (Å²) in [6.07, 6.45) is 0. The largest absolute Gasteiger partial charge is 0.452 e. The van der Waals surface area contributed by atoms with Crippen molar-refractivity contribution in [3.05, 3.63) is 121 Å². The fourth-order valence-electron chi connectivity index (χ4n) is 8.64. The molecule has 0 N–H and O–H groups in total. The van der Waals surface area contributed by atoms with E-state index in [1.54, 1.807) is 0 Å². The molecule has 11 aromatic rings. The summed E-state index contributed by atoms with van der Waals surface area (Å²) in [5.74, 6) is 0.946. The van der Waals surface area contributed by atoms with E-state index in [-0.39, 0.29) is 88.9 Å². The van der Waals surface area contributed by atoms with Crippen molar-refractivity contribution >= 4 is 177 Å². The first kappa shape index (κ1) is 41.6. The Morgan fingerprint density at radius 2 is 0.864 bits per heavy atom. The quantitative estimate of drug-likeness (QED) is 0.219. The fraction of sp³-hybridized carbons (Fsp3) is 0. The van der Waals surface area contributed by atoms with Gasteiger partial charge in [0.15, 0.2) is 28.9 Å². The molecule has 282 valence electrons. The van der Waals surface area contributed by atoms with Gasteiger partial charge in [-0.2, -0.15) is 0 Å². The zero-order valence-corrected chi connectivity index (χ0v) is 34.9. The first-order chi connectivity index (χ1) is 31.9. The molecule has 20 radical (unpaired) electrons. The first-order valence-electron chi connectivity index (χ1n) is 20.6. The molecule has 0 bridgehead atoms. The van der Waals surface area contributed by atoms with Gasteiger partial charge in [-0.3, -0.25) is 0 Å². The molecule has 0 saturated carbocycles. The third-order valence-corrected chi connectivity index (χ3v) is 12.1. The fourth-order valence-corrected chi connectivity index (χ4v) is 8.64. The maximum atomic E-state index is 6.69. The van der Waals surface area contributed by atoms with Crippen LogP contribution in [-0.4, -0.2) is 108 Å². The smallest absolute Gasteiger partial charge is 0.180 e. The number of rotatable bonds is 6. The van der Waals surface area contributed by atoms with Crippen LogP contribution in [0.15, 0.2) is 126 Å². The number of para-hydroxylation sites is 3. The molecule has 0 amide bonds. The van der Waals surface area contributed by atoms with E-state index >= 15 is 0 Å². The molecule has 0 aliphatic heterocycles. The minimum absolute atomic E-state index is 0.0499. The number of nitrogens with zero attached hydrogens (tertiary/aromatic N) is 6. The third kappa shape index (κ3) is 6.38. The molecule has 0 fully saturated rings. The summed E-state index contributed by atoms with van der Waals surface area (Å²) in [6, 6.07) is 39.1. The Balaban J connectivity index is 1.26. The third-order valence-electron chi connectivity index (χ3n) is 12.1. The number of fused-ring (bicyclic) bond motifs is 6. The van der Waals surface area contributed by atoms with Crippen molar-refractivity contribution in [2.75, 3.05) is 0 Å². The van der Waals surface area contributed by atoms with Crippen LogP contribution in [0.3, 0.4) is 0 Å². The van der Waals surface area contributed by atoms with E-state index in [1.807, 2.05) is 97.1 Å². The molecule has 66 heavy (non-hydrogen) atoms. The summed E-state index contributed by atoms with van der Waals surface area (Å²) < 4.78 is 8.58. The minimum atomic E-state index is 0.0499. The predicted molar refractivity (Wildman–Crippen MR) is 278 cm³/mol. The molecule has 17 heteroatoms. The number of benzene rings is 7. The maximum absolute atomic E-state index is 6.69. The normalized spacial score (nSPS) is 11.6. The Labute approximate surface area is 392 Å². The van der Waals surface area contributed by atoms with Crippen molar-refractivity contribution in [1.29, 1.82) is 0 Å². The van der Waals surface area contributed by atoms with Crippen LogP contribution in [0.2, 0.25) is 0 Å². The molecule has 0 spiro atoms. The Morgan fingerprint density at radius 3 is 1.48 bits per heavy atom. The van der Waals surface area contributed by atoms with E-state index in [4.69, 9.17) is 108 Å². The lowest BCUT2D eigenvalue weighted by Gasteiger charge is -2.21. The summed E-state index contributed by atoms with van der Waals surface area (Å²) in [5.41, 5.74) is 7.10. The second-order valence-corrected chi connectivity index (χ2v) is 15.8. The van der Waals surface area contributed by atoms with Gasteiger partial charge in [0.25, 0.3) is 0 Å². The monoisotopic (exact) mass is 818 g/mol. The highest BCUT2D eigenvalue weighted by atomic mass is 16.3. The van der Waals surface area contributed by atoms with E-state index in [0.29, 0.717) is 44.9 Å². The van der Waals surface area contributed by atoms with Crippen LogP contribution in [0, 0.1) is 0 Å². The van der Waals surface area contributed by atoms with Crippen molar-refractivity contribution in [3.63, 3.8) is 0 Å². The number of hydrogen-bond acceptors (Lipinski definition) is 6. The standard InChI is InChI=1S/C49H20B10N6O/c50-33-31(34(51)38(55)41(58)37(33)54)44-45-43(25-14-6-9-17-30(25)66-45)60-47(61-44)22-18-19-29(65-27-15-7-4-12-23(27)24-13-5-8-16-28(24)65)26(20-22)48-62-46(21-10-2-1-3-11-21)63-49(64-48)32-35(52)39(56)42(59)40(57)36(32)53/h1-20H. The van der Waals surface area contributed by atoms with E-state index < -0.39 is 0 Å². The van der Waals surface area contributed by atoms with Gasteiger partial charge in [-0.15, -0.1) is 32.8 Å². The molecule has 4 aromatic heterocycles. The molecule has 7 nitrogen and oxygen atoms in total. The van der Waals surface area contributed by atoms with Crippen molar-refractivity contribution in [2.45, 2.75) is 0 Å². The summed E-state index contributed by atoms with van der Waals surface area (Å²) in [6.45, 7) is 0. The van der Waals surface area contributed by atoms with Crippen LogP contribution in [-0.2, 0) is 0 Å². The highest BCUT2D eigenvalue weighted by Gasteiger charge is 2.25. The summed E-state index contributed by atoms with van der Waals surface area (Å²) >= 11 is 0. The summed E-state index contributed by atoms with van der Waals surface area (Å²) in [5, 5.41) is 2.81. The van der Waals surface area contributed by atoms with E-state index in [0.717, 1.165) is 27.2 Å². The predicted octanol–water partition coefficient (Wildman–Crippen LogP) is -0.0689. The second-order valence-electron chi connectivity index (χ2n) is 15.8. The van der Waals surface area contributed by atoms with Gasteiger partial charge in [-0.1, -0.05) is 101 Å². The molecule has 4 heterocycles. The molecular formula is C49H20B10N6O. The van der Waals surface area contributed by atoms with Crippen LogP contribution in [0.4, 0.5) is 0 Å². The van der Waals surface area contributed by atoms with Crippen LogP contribution in [0.5, 0.6) is 0 Å². The van der Waals surface area contributed by atoms with Crippen molar-refractivity contribution in [1.82, 2.24) is 29.5 Å². The molecule has 0 aliphatic carbocycles. The lowest BCUT2D eigenvalue weighted by Crippen LogP contribution is -2.55. The zero-order chi connectivity index (χ0) is 45.7. The Kier molecular flexibility index (Phi) is 9.95. The molecule has 0 atom stereocenters. The SMILES string of the molecule is [B]c1c([B])c([B])c(-c2nc(-c3ccccc3)nc(-c3cc(-c4nc(-c5c([B])c([B])c([B])c([B])c5[B])c5oc6ccccc6c5n4)ccc3-n3c4ccccc4c4ccccc43)n2)c([B])c1[B]. The van der Waals surface area contributed by atoms with Gasteiger partial charge in [0.1, 0.15) is 95.3 Å². The molecule has 0 saturated heterocycles. The van der Waals surface area contributed by atoms with Gasteiger partial charge in [0, 0.05) is 38.4 Å². The van der Waals surface area contributed by atoms with E-state index in [1.165, 1.54) is 0 Å². The average molecular weight is 817 g/mol. The van der Waals surface area contributed by atoms with Gasteiger partial charge >= 0.3 is 0 Å². The maximum Gasteiger partial charge on any atom is 0.180 e. The van der Waals surface area contributed by atoms with Gasteiger partial charge in [0.2, 0.25) is 0 Å². The Bertz CT molecular complexity index is 3750. The topological polar surface area (TPSA) is 82.5 Å².